The predicted octanol–water partition coefficient (Wildman–Crippen LogP) is 0.166. The number of rotatable bonds is 2. The predicted molar refractivity (Wildman–Crippen MR) is 62.7 cm³/mol. The van der Waals surface area contributed by atoms with Gasteiger partial charge in [-0.2, -0.15) is 0 Å². The molecule has 1 aliphatic heterocycles. The van der Waals surface area contributed by atoms with E-state index in [1.165, 1.54) is 12.1 Å². The number of halogens is 4. The van der Waals surface area contributed by atoms with Crippen LogP contribution < -0.4 is 26.5 Å². The normalized spacial score (nSPS) is 37.4. The molecule has 1 saturated carbocycles. The first-order valence-electron chi connectivity index (χ1n) is 6.39. The Morgan fingerprint density at radius 3 is 2.37 bits per heavy atom. The molecule has 4 unspecified atom stereocenters. The quantitative estimate of drug-likeness (QED) is 0.437. The Labute approximate surface area is 121 Å². The van der Waals surface area contributed by atoms with Gasteiger partial charge < -0.3 is 0 Å². The Morgan fingerprint density at radius 2 is 1.89 bits per heavy atom. The fourth-order valence-electron chi connectivity index (χ4n) is 3.21. The summed E-state index contributed by atoms with van der Waals surface area (Å²) in [5.74, 6) is 2.29. The average molecular weight is 382 g/mol. The summed E-state index contributed by atoms with van der Waals surface area (Å²) in [6.45, 7) is 5.60. The van der Waals surface area contributed by atoms with E-state index >= 15 is 0 Å². The standard InChI is InChI=1S/C14H16F3IN/c1-8-11-7-19-13(2,12(8)11)18-10-5-3-9(4-6-10)14(15,16)17/h3-6,8,11-12,19H,7H2,1-2H3/q-1. The molecule has 3 rings (SSSR count). The summed E-state index contributed by atoms with van der Waals surface area (Å²) >= 11 is -0.314. The first-order valence-corrected chi connectivity index (χ1v) is 8.55. The zero-order valence-corrected chi connectivity index (χ0v) is 12.9. The van der Waals surface area contributed by atoms with Gasteiger partial charge >= 0.3 is 121 Å². The number of benzene rings is 1. The van der Waals surface area contributed by atoms with E-state index in [1.807, 2.05) is 0 Å². The molecule has 1 aromatic carbocycles. The molecule has 1 aromatic rings. The molecule has 1 nitrogen and oxygen atoms in total. The van der Waals surface area contributed by atoms with Gasteiger partial charge in [-0.15, -0.1) is 0 Å². The molecule has 2 aliphatic rings. The van der Waals surface area contributed by atoms with Crippen molar-refractivity contribution in [2.24, 2.45) is 17.8 Å². The Morgan fingerprint density at radius 1 is 1.26 bits per heavy atom. The van der Waals surface area contributed by atoms with Gasteiger partial charge in [-0.25, -0.2) is 0 Å². The molecule has 0 bridgehead atoms. The second kappa shape index (κ2) is 4.35. The number of alkyl halides is 4. The fourth-order valence-corrected chi connectivity index (χ4v) is 7.03. The van der Waals surface area contributed by atoms with E-state index in [0.717, 1.165) is 27.9 Å². The topological polar surface area (TPSA) is 12.0 Å². The summed E-state index contributed by atoms with van der Waals surface area (Å²) in [5, 5.41) is 3.58. The summed E-state index contributed by atoms with van der Waals surface area (Å²) in [5.41, 5.74) is -0.553. The zero-order valence-electron chi connectivity index (χ0n) is 10.8. The Kier molecular flexibility index (Phi) is 3.13. The summed E-state index contributed by atoms with van der Waals surface area (Å²) in [4.78, 5) is 0. The van der Waals surface area contributed by atoms with Crippen LogP contribution in [-0.2, 0) is 6.18 Å². The SMILES string of the molecule is CC1C2CNC(C)([I-]c3ccc(C(F)(F)F)cc3)C12. The van der Waals surface area contributed by atoms with Crippen molar-refractivity contribution in [2.75, 3.05) is 6.54 Å². The zero-order chi connectivity index (χ0) is 13.8. The van der Waals surface area contributed by atoms with E-state index in [1.54, 1.807) is 12.1 Å². The minimum absolute atomic E-state index is 0.155. The molecule has 0 amide bonds. The first kappa shape index (κ1) is 13.7. The van der Waals surface area contributed by atoms with Crippen LogP contribution in [0.5, 0.6) is 0 Å². The van der Waals surface area contributed by atoms with Crippen molar-refractivity contribution in [2.45, 2.75) is 23.6 Å². The van der Waals surface area contributed by atoms with Crippen molar-refractivity contribution >= 4 is 0 Å². The molecule has 1 heterocycles. The average Bonchev–Trinajstić information content (AvgIpc) is 2.84. The van der Waals surface area contributed by atoms with E-state index in [9.17, 15) is 13.2 Å². The van der Waals surface area contributed by atoms with E-state index in [2.05, 4.69) is 19.2 Å². The molecule has 0 spiro atoms. The Hall–Kier alpha value is -0.300. The molecule has 5 heteroatoms. The summed E-state index contributed by atoms with van der Waals surface area (Å²) in [7, 11) is 0. The van der Waals surface area contributed by atoms with Crippen LogP contribution in [0.15, 0.2) is 24.3 Å². The van der Waals surface area contributed by atoms with Gasteiger partial charge in [0, 0.05) is 0 Å². The van der Waals surface area contributed by atoms with Gasteiger partial charge in [0.2, 0.25) is 0 Å². The van der Waals surface area contributed by atoms with Crippen molar-refractivity contribution in [3.05, 3.63) is 33.4 Å². The van der Waals surface area contributed by atoms with Gasteiger partial charge in [-0.05, 0) is 0 Å². The second-order valence-electron chi connectivity index (χ2n) is 5.60. The fraction of sp³-hybridized carbons (Fsp3) is 0.571. The molecule has 1 N–H and O–H groups in total. The number of fused-ring (bicyclic) bond motifs is 1. The first-order chi connectivity index (χ1) is 8.81. The van der Waals surface area contributed by atoms with Crippen molar-refractivity contribution in [1.29, 1.82) is 0 Å². The monoisotopic (exact) mass is 382 g/mol. The molecular formula is C14H16F3IN-. The maximum absolute atomic E-state index is 12.5. The van der Waals surface area contributed by atoms with Crippen LogP contribution in [0.2, 0.25) is 0 Å². The van der Waals surface area contributed by atoms with Gasteiger partial charge in [0.15, 0.2) is 0 Å². The molecule has 2 fully saturated rings. The third-order valence-electron chi connectivity index (χ3n) is 4.35. The van der Waals surface area contributed by atoms with Crippen molar-refractivity contribution in [3.63, 3.8) is 0 Å². The number of hydrogen-bond donors (Lipinski definition) is 1. The number of hydrogen-bond acceptors (Lipinski definition) is 1. The molecule has 4 atom stereocenters. The van der Waals surface area contributed by atoms with E-state index in [0.29, 0.717) is 0 Å². The van der Waals surface area contributed by atoms with Crippen LogP contribution in [0.3, 0.4) is 0 Å². The van der Waals surface area contributed by atoms with Gasteiger partial charge in [0.1, 0.15) is 0 Å². The second-order valence-corrected chi connectivity index (χ2v) is 9.63. The molecule has 1 saturated heterocycles. The van der Waals surface area contributed by atoms with E-state index < -0.39 is 11.7 Å². The maximum atomic E-state index is 12.5. The van der Waals surface area contributed by atoms with E-state index in [4.69, 9.17) is 0 Å². The molecule has 0 radical (unpaired) electrons. The molecule has 1 aliphatic carbocycles. The minimum atomic E-state index is -4.23. The third-order valence-corrected chi connectivity index (χ3v) is 7.91. The van der Waals surface area contributed by atoms with Gasteiger partial charge in [0.25, 0.3) is 0 Å². The van der Waals surface area contributed by atoms with Crippen LogP contribution in [0.25, 0.3) is 0 Å². The van der Waals surface area contributed by atoms with Crippen molar-refractivity contribution in [1.82, 2.24) is 5.32 Å². The van der Waals surface area contributed by atoms with Crippen LogP contribution in [-0.4, -0.2) is 10.1 Å². The number of piperidine rings is 1. The van der Waals surface area contributed by atoms with E-state index in [-0.39, 0.29) is 24.8 Å². The van der Waals surface area contributed by atoms with Crippen LogP contribution in [0.4, 0.5) is 13.2 Å². The number of nitrogens with one attached hydrogen (secondary N) is 1. The van der Waals surface area contributed by atoms with Crippen molar-refractivity contribution < 1.29 is 34.4 Å². The molecule has 106 valence electrons. The molecular weight excluding hydrogens is 366 g/mol. The van der Waals surface area contributed by atoms with Gasteiger partial charge in [-0.3, -0.25) is 0 Å². The summed E-state index contributed by atoms with van der Waals surface area (Å²) in [6, 6.07) is 5.73. The summed E-state index contributed by atoms with van der Waals surface area (Å²) in [6.07, 6.45) is -4.23. The third kappa shape index (κ3) is 2.39. The Bertz CT molecular complexity index is 484. The van der Waals surface area contributed by atoms with Gasteiger partial charge in [0.05, 0.1) is 0 Å². The van der Waals surface area contributed by atoms with Crippen molar-refractivity contribution in [3.8, 4) is 0 Å². The van der Waals surface area contributed by atoms with Crippen LogP contribution >= 0.6 is 0 Å². The van der Waals surface area contributed by atoms with Crippen LogP contribution in [0.1, 0.15) is 19.4 Å². The summed E-state index contributed by atoms with van der Waals surface area (Å²) < 4.78 is 38.8. The Balaban J connectivity index is 1.74. The molecule has 0 aromatic heterocycles. The van der Waals surface area contributed by atoms with Crippen LogP contribution in [0, 0.1) is 21.3 Å². The van der Waals surface area contributed by atoms with Gasteiger partial charge in [-0.1, -0.05) is 0 Å². The molecule has 19 heavy (non-hydrogen) atoms.